The number of methoxy groups -OCH3 is 1. The summed E-state index contributed by atoms with van der Waals surface area (Å²) in [5.41, 5.74) is 0. The summed E-state index contributed by atoms with van der Waals surface area (Å²) in [5, 5.41) is 9.40. The fourth-order valence-electron chi connectivity index (χ4n) is 0.944. The van der Waals surface area contributed by atoms with Gasteiger partial charge in [0.2, 0.25) is 0 Å². The average Bonchev–Trinajstić information content (AvgIpc) is 2.38. The van der Waals surface area contributed by atoms with Gasteiger partial charge in [-0.25, -0.2) is 9.59 Å². The second kappa shape index (κ2) is 10.7. The van der Waals surface area contributed by atoms with E-state index < -0.39 is 18.0 Å². The van der Waals surface area contributed by atoms with E-state index in [1.807, 2.05) is 6.92 Å². The van der Waals surface area contributed by atoms with Crippen LogP contribution < -0.4 is 0 Å². The summed E-state index contributed by atoms with van der Waals surface area (Å²) in [7, 11) is 1.20. The Morgan fingerprint density at radius 2 is 1.89 bits per heavy atom. The zero-order chi connectivity index (χ0) is 13.8. The normalized spacial score (nSPS) is 12.4. The Morgan fingerprint density at radius 3 is 2.50 bits per heavy atom. The maximum atomic E-state index is 11.1. The Kier molecular flexibility index (Phi) is 9.90. The van der Waals surface area contributed by atoms with E-state index in [1.54, 1.807) is 0 Å². The maximum absolute atomic E-state index is 11.1. The molecule has 6 nitrogen and oxygen atoms in total. The summed E-state index contributed by atoms with van der Waals surface area (Å²) < 4.78 is 14.1. The van der Waals surface area contributed by atoms with Crippen molar-refractivity contribution in [3.05, 3.63) is 12.2 Å². The van der Waals surface area contributed by atoms with Crippen molar-refractivity contribution in [1.82, 2.24) is 0 Å². The molecule has 0 radical (unpaired) electrons. The lowest BCUT2D eigenvalue weighted by atomic mass is 10.3. The lowest BCUT2D eigenvalue weighted by Gasteiger charge is -2.10. The summed E-state index contributed by atoms with van der Waals surface area (Å²) in [4.78, 5) is 21.7. The van der Waals surface area contributed by atoms with Crippen LogP contribution in [0.5, 0.6) is 0 Å². The van der Waals surface area contributed by atoms with Gasteiger partial charge in [-0.15, -0.1) is 0 Å². The molecular weight excluding hydrogens is 240 g/mol. The number of ether oxygens (including phenoxy) is 3. The Balaban J connectivity index is 3.65. The van der Waals surface area contributed by atoms with E-state index in [9.17, 15) is 14.7 Å². The maximum Gasteiger partial charge on any atom is 0.331 e. The monoisotopic (exact) mass is 260 g/mol. The van der Waals surface area contributed by atoms with Crippen molar-refractivity contribution in [2.75, 3.05) is 26.9 Å². The van der Waals surface area contributed by atoms with Gasteiger partial charge in [0.25, 0.3) is 0 Å². The van der Waals surface area contributed by atoms with Gasteiger partial charge in [-0.1, -0.05) is 13.3 Å². The highest BCUT2D eigenvalue weighted by Crippen LogP contribution is 1.93. The first-order valence-corrected chi connectivity index (χ1v) is 5.78. The van der Waals surface area contributed by atoms with E-state index >= 15 is 0 Å². The molecule has 0 aliphatic heterocycles. The lowest BCUT2D eigenvalue weighted by Crippen LogP contribution is -2.23. The molecule has 0 fully saturated rings. The van der Waals surface area contributed by atoms with Crippen molar-refractivity contribution >= 4 is 11.9 Å². The van der Waals surface area contributed by atoms with E-state index in [-0.39, 0.29) is 13.2 Å². The molecule has 1 N–H and O–H groups in total. The Bertz CT molecular complexity index is 274. The van der Waals surface area contributed by atoms with Crippen molar-refractivity contribution in [1.29, 1.82) is 0 Å². The standard InChI is InChI=1S/C12H20O6/c1-3-4-7-17-8-10(13)9-18-12(15)6-5-11(14)16-2/h5-6,10,13H,3-4,7-9H2,1-2H3. The Hall–Kier alpha value is -1.40. The van der Waals surface area contributed by atoms with Crippen LogP contribution in [0.2, 0.25) is 0 Å². The second-order valence-electron chi connectivity index (χ2n) is 3.57. The molecule has 0 aliphatic carbocycles. The smallest absolute Gasteiger partial charge is 0.331 e. The van der Waals surface area contributed by atoms with Crippen LogP contribution in [0.3, 0.4) is 0 Å². The third-order valence-electron chi connectivity index (χ3n) is 1.93. The van der Waals surface area contributed by atoms with Crippen LogP contribution in [0, 0.1) is 0 Å². The van der Waals surface area contributed by atoms with Gasteiger partial charge in [0, 0.05) is 18.8 Å². The first-order chi connectivity index (χ1) is 8.60. The molecule has 6 heteroatoms. The zero-order valence-corrected chi connectivity index (χ0v) is 10.8. The average molecular weight is 260 g/mol. The topological polar surface area (TPSA) is 82.1 Å². The van der Waals surface area contributed by atoms with E-state index in [0.717, 1.165) is 25.0 Å². The molecule has 0 saturated heterocycles. The Morgan fingerprint density at radius 1 is 1.22 bits per heavy atom. The van der Waals surface area contributed by atoms with E-state index in [2.05, 4.69) is 4.74 Å². The summed E-state index contributed by atoms with van der Waals surface area (Å²) in [6.07, 6.45) is 2.97. The third-order valence-corrected chi connectivity index (χ3v) is 1.93. The van der Waals surface area contributed by atoms with E-state index in [0.29, 0.717) is 6.61 Å². The highest BCUT2D eigenvalue weighted by atomic mass is 16.5. The largest absolute Gasteiger partial charge is 0.466 e. The molecule has 0 heterocycles. The molecule has 0 aliphatic rings. The van der Waals surface area contributed by atoms with Gasteiger partial charge in [0.15, 0.2) is 0 Å². The number of hydrogen-bond acceptors (Lipinski definition) is 6. The summed E-state index contributed by atoms with van der Waals surface area (Å²) in [6.45, 7) is 2.56. The van der Waals surface area contributed by atoms with Gasteiger partial charge in [0.1, 0.15) is 12.7 Å². The molecule has 0 amide bonds. The number of hydrogen-bond donors (Lipinski definition) is 1. The SMILES string of the molecule is CCCCOCC(O)COC(=O)C=CC(=O)OC. The van der Waals surface area contributed by atoms with E-state index in [1.165, 1.54) is 7.11 Å². The summed E-state index contributed by atoms with van der Waals surface area (Å²) in [5.74, 6) is -1.36. The van der Waals surface area contributed by atoms with Crippen LogP contribution >= 0.6 is 0 Å². The third kappa shape index (κ3) is 9.80. The fraction of sp³-hybridized carbons (Fsp3) is 0.667. The van der Waals surface area contributed by atoms with Crippen molar-refractivity contribution < 1.29 is 28.9 Å². The minimum Gasteiger partial charge on any atom is -0.466 e. The Labute approximate surface area is 107 Å². The number of carbonyl (C=O) groups excluding carboxylic acids is 2. The van der Waals surface area contributed by atoms with Gasteiger partial charge in [-0.2, -0.15) is 0 Å². The molecule has 18 heavy (non-hydrogen) atoms. The van der Waals surface area contributed by atoms with Crippen LogP contribution in [0.15, 0.2) is 12.2 Å². The molecular formula is C12H20O6. The summed E-state index contributed by atoms with van der Waals surface area (Å²) in [6, 6.07) is 0. The quantitative estimate of drug-likeness (QED) is 0.368. The van der Waals surface area contributed by atoms with Crippen LogP contribution in [0.1, 0.15) is 19.8 Å². The molecule has 0 aromatic heterocycles. The van der Waals surface area contributed by atoms with Crippen molar-refractivity contribution in [2.24, 2.45) is 0 Å². The molecule has 1 atom stereocenters. The van der Waals surface area contributed by atoms with Gasteiger partial charge >= 0.3 is 11.9 Å². The van der Waals surface area contributed by atoms with Crippen LogP contribution in [0.25, 0.3) is 0 Å². The van der Waals surface area contributed by atoms with Crippen LogP contribution in [-0.2, 0) is 23.8 Å². The lowest BCUT2D eigenvalue weighted by molar-refractivity contribution is -0.142. The van der Waals surface area contributed by atoms with Crippen LogP contribution in [-0.4, -0.2) is 50.1 Å². The molecule has 0 spiro atoms. The molecule has 0 aromatic carbocycles. The highest BCUT2D eigenvalue weighted by molar-refractivity contribution is 5.91. The van der Waals surface area contributed by atoms with Crippen molar-refractivity contribution in [3.8, 4) is 0 Å². The molecule has 0 aromatic rings. The molecule has 104 valence electrons. The number of aliphatic hydroxyl groups is 1. The minimum absolute atomic E-state index is 0.119. The number of unbranched alkanes of at least 4 members (excludes halogenated alkanes) is 1. The predicted octanol–water partition coefficient (Wildman–Crippen LogP) is 0.436. The summed E-state index contributed by atoms with van der Waals surface area (Å²) >= 11 is 0. The molecule has 0 saturated carbocycles. The first kappa shape index (κ1) is 16.6. The molecule has 1 unspecified atom stereocenters. The van der Waals surface area contributed by atoms with Gasteiger partial charge in [-0.3, -0.25) is 0 Å². The molecule has 0 bridgehead atoms. The van der Waals surface area contributed by atoms with Crippen molar-refractivity contribution in [2.45, 2.75) is 25.9 Å². The highest BCUT2D eigenvalue weighted by Gasteiger charge is 2.07. The minimum atomic E-state index is -0.864. The second-order valence-corrected chi connectivity index (χ2v) is 3.57. The number of carbonyl (C=O) groups is 2. The van der Waals surface area contributed by atoms with Gasteiger partial charge < -0.3 is 19.3 Å². The molecule has 0 rings (SSSR count). The predicted molar refractivity (Wildman–Crippen MR) is 63.8 cm³/mol. The van der Waals surface area contributed by atoms with Gasteiger partial charge in [-0.05, 0) is 6.42 Å². The van der Waals surface area contributed by atoms with Gasteiger partial charge in [0.05, 0.1) is 13.7 Å². The van der Waals surface area contributed by atoms with E-state index in [4.69, 9.17) is 9.47 Å². The fourth-order valence-corrected chi connectivity index (χ4v) is 0.944. The number of rotatable bonds is 9. The number of aliphatic hydroxyl groups excluding tert-OH is 1. The first-order valence-electron chi connectivity index (χ1n) is 5.78. The number of esters is 2. The zero-order valence-electron chi connectivity index (χ0n) is 10.8. The van der Waals surface area contributed by atoms with Crippen molar-refractivity contribution in [3.63, 3.8) is 0 Å². The van der Waals surface area contributed by atoms with Crippen LogP contribution in [0.4, 0.5) is 0 Å².